The van der Waals surface area contributed by atoms with Gasteiger partial charge in [0.25, 0.3) is 0 Å². The highest BCUT2D eigenvalue weighted by Gasteiger charge is 2.02. The lowest BCUT2D eigenvalue weighted by molar-refractivity contribution is 0.565. The van der Waals surface area contributed by atoms with Crippen LogP contribution >= 0.6 is 0 Å². The van der Waals surface area contributed by atoms with Crippen LogP contribution in [0.15, 0.2) is 12.4 Å². The van der Waals surface area contributed by atoms with Crippen molar-refractivity contribution in [3.05, 3.63) is 18.0 Å². The van der Waals surface area contributed by atoms with Gasteiger partial charge >= 0.3 is 0 Å². The van der Waals surface area contributed by atoms with E-state index in [0.717, 1.165) is 25.8 Å². The molecule has 1 unspecified atom stereocenters. The summed E-state index contributed by atoms with van der Waals surface area (Å²) in [6.07, 6.45) is 12.5. The van der Waals surface area contributed by atoms with Crippen molar-refractivity contribution in [3.8, 4) is 12.3 Å². The number of terminal acetylenes is 1. The minimum atomic E-state index is 0.215. The molecule has 3 heteroatoms. The van der Waals surface area contributed by atoms with Crippen LogP contribution in [-0.2, 0) is 13.5 Å². The van der Waals surface area contributed by atoms with E-state index >= 15 is 0 Å². The summed E-state index contributed by atoms with van der Waals surface area (Å²) in [6.45, 7) is 3.06. The number of nitrogens with one attached hydrogen (secondary N) is 1. The van der Waals surface area contributed by atoms with Crippen LogP contribution in [0.1, 0.15) is 25.3 Å². The van der Waals surface area contributed by atoms with Gasteiger partial charge in [0.1, 0.15) is 0 Å². The monoisotopic (exact) mass is 205 g/mol. The lowest BCUT2D eigenvalue weighted by atomic mass is 10.1. The second kappa shape index (κ2) is 6.26. The number of nitrogens with zero attached hydrogens (tertiary/aromatic N) is 2. The van der Waals surface area contributed by atoms with Gasteiger partial charge in [0.15, 0.2) is 0 Å². The first-order chi connectivity index (χ1) is 7.26. The normalized spacial score (nSPS) is 12.3. The highest BCUT2D eigenvalue weighted by atomic mass is 15.2. The van der Waals surface area contributed by atoms with Gasteiger partial charge in [-0.15, -0.1) is 6.42 Å². The molecule has 0 aliphatic carbocycles. The zero-order valence-electron chi connectivity index (χ0n) is 9.53. The fourth-order valence-corrected chi connectivity index (χ4v) is 1.52. The summed E-state index contributed by atoms with van der Waals surface area (Å²) < 4.78 is 1.82. The first-order valence-corrected chi connectivity index (χ1v) is 5.43. The van der Waals surface area contributed by atoms with Crippen LogP contribution < -0.4 is 5.32 Å². The molecule has 0 radical (unpaired) electrons. The Balaban J connectivity index is 2.24. The predicted octanol–water partition coefficient (Wildman–Crippen LogP) is 1.35. The molecule has 1 aromatic rings. The second-order valence-electron chi connectivity index (χ2n) is 3.73. The zero-order valence-corrected chi connectivity index (χ0v) is 9.53. The maximum Gasteiger partial charge on any atom is 0.0686 e. The zero-order chi connectivity index (χ0) is 11.1. The number of aromatic nitrogens is 2. The second-order valence-corrected chi connectivity index (χ2v) is 3.73. The van der Waals surface area contributed by atoms with E-state index in [-0.39, 0.29) is 6.04 Å². The van der Waals surface area contributed by atoms with Gasteiger partial charge in [-0.2, -0.15) is 5.10 Å². The van der Waals surface area contributed by atoms with Crippen LogP contribution in [0.3, 0.4) is 0 Å². The molecule has 0 aliphatic rings. The van der Waals surface area contributed by atoms with Gasteiger partial charge in [0.2, 0.25) is 0 Å². The molecule has 3 nitrogen and oxygen atoms in total. The summed E-state index contributed by atoms with van der Waals surface area (Å²) in [5.41, 5.74) is 1.25. The van der Waals surface area contributed by atoms with E-state index in [0.29, 0.717) is 0 Å². The summed E-state index contributed by atoms with van der Waals surface area (Å²) in [5, 5.41) is 7.47. The molecule has 1 aromatic heterocycles. The van der Waals surface area contributed by atoms with Gasteiger partial charge in [0, 0.05) is 19.8 Å². The van der Waals surface area contributed by atoms with Crippen molar-refractivity contribution in [3.63, 3.8) is 0 Å². The summed E-state index contributed by atoms with van der Waals surface area (Å²) in [6, 6.07) is 0.215. The van der Waals surface area contributed by atoms with E-state index in [1.54, 1.807) is 0 Å². The largest absolute Gasteiger partial charge is 0.303 e. The number of hydrogen-bond acceptors (Lipinski definition) is 2. The average Bonchev–Trinajstić information content (AvgIpc) is 2.63. The smallest absolute Gasteiger partial charge is 0.0686 e. The highest BCUT2D eigenvalue weighted by Crippen LogP contribution is 1.98. The third kappa shape index (κ3) is 4.18. The molecule has 0 bridgehead atoms. The Morgan fingerprint density at radius 1 is 1.67 bits per heavy atom. The van der Waals surface area contributed by atoms with Crippen molar-refractivity contribution >= 4 is 0 Å². The molecule has 1 N–H and O–H groups in total. The minimum Gasteiger partial charge on any atom is -0.303 e. The molecule has 0 fully saturated rings. The molecule has 15 heavy (non-hydrogen) atoms. The molecule has 0 saturated heterocycles. The molecule has 0 saturated carbocycles. The third-order valence-corrected chi connectivity index (χ3v) is 2.34. The predicted molar refractivity (Wildman–Crippen MR) is 62.4 cm³/mol. The number of aryl methyl sites for hydroxylation is 1. The maximum atomic E-state index is 5.41. The summed E-state index contributed by atoms with van der Waals surface area (Å²) in [5.74, 6) is 2.76. The van der Waals surface area contributed by atoms with Crippen molar-refractivity contribution in [1.82, 2.24) is 15.1 Å². The first-order valence-electron chi connectivity index (χ1n) is 5.43. The molecule has 0 aliphatic heterocycles. The summed E-state index contributed by atoms with van der Waals surface area (Å²) in [7, 11) is 1.93. The SMILES string of the molecule is C#CC(CCC)NCCc1cnn(C)c1. The quantitative estimate of drug-likeness (QED) is 0.711. The molecule has 1 atom stereocenters. The highest BCUT2D eigenvalue weighted by molar-refractivity contribution is 5.05. The van der Waals surface area contributed by atoms with Crippen LogP contribution in [0.2, 0.25) is 0 Å². The van der Waals surface area contributed by atoms with E-state index in [4.69, 9.17) is 6.42 Å². The van der Waals surface area contributed by atoms with Gasteiger partial charge in [0.05, 0.1) is 12.2 Å². The molecule has 1 rings (SSSR count). The van der Waals surface area contributed by atoms with Crippen molar-refractivity contribution in [1.29, 1.82) is 0 Å². The average molecular weight is 205 g/mol. The lowest BCUT2D eigenvalue weighted by Crippen LogP contribution is -2.29. The Morgan fingerprint density at radius 3 is 3.00 bits per heavy atom. The minimum absolute atomic E-state index is 0.215. The first kappa shape index (κ1) is 11.8. The Kier molecular flexibility index (Phi) is 4.92. The molecular formula is C12H19N3. The lowest BCUT2D eigenvalue weighted by Gasteiger charge is -2.10. The van der Waals surface area contributed by atoms with Gasteiger partial charge in [-0.1, -0.05) is 19.3 Å². The maximum absolute atomic E-state index is 5.41. The van der Waals surface area contributed by atoms with Crippen LogP contribution in [0.4, 0.5) is 0 Å². The van der Waals surface area contributed by atoms with Crippen molar-refractivity contribution in [2.45, 2.75) is 32.2 Å². The van der Waals surface area contributed by atoms with Crippen LogP contribution in [0.25, 0.3) is 0 Å². The molecule has 82 valence electrons. The Morgan fingerprint density at radius 2 is 2.47 bits per heavy atom. The van der Waals surface area contributed by atoms with Gasteiger partial charge in [-0.3, -0.25) is 4.68 Å². The number of hydrogen-bond donors (Lipinski definition) is 1. The fourth-order valence-electron chi connectivity index (χ4n) is 1.52. The van der Waals surface area contributed by atoms with Gasteiger partial charge < -0.3 is 5.32 Å². The molecule has 0 amide bonds. The summed E-state index contributed by atoms with van der Waals surface area (Å²) >= 11 is 0. The van der Waals surface area contributed by atoms with Crippen molar-refractivity contribution in [2.24, 2.45) is 7.05 Å². The van der Waals surface area contributed by atoms with Gasteiger partial charge in [-0.25, -0.2) is 0 Å². The van der Waals surface area contributed by atoms with E-state index in [1.165, 1.54) is 5.56 Å². The van der Waals surface area contributed by atoms with Gasteiger partial charge in [-0.05, 0) is 18.4 Å². The topological polar surface area (TPSA) is 29.9 Å². The van der Waals surface area contributed by atoms with E-state index in [9.17, 15) is 0 Å². The van der Waals surface area contributed by atoms with Crippen LogP contribution in [0, 0.1) is 12.3 Å². The third-order valence-electron chi connectivity index (χ3n) is 2.34. The van der Waals surface area contributed by atoms with Crippen LogP contribution in [-0.4, -0.2) is 22.4 Å². The Bertz CT molecular complexity index is 322. The van der Waals surface area contributed by atoms with Crippen LogP contribution in [0.5, 0.6) is 0 Å². The van der Waals surface area contributed by atoms with E-state index in [2.05, 4.69) is 23.3 Å². The van der Waals surface area contributed by atoms with Crippen molar-refractivity contribution < 1.29 is 0 Å². The summed E-state index contributed by atoms with van der Waals surface area (Å²) in [4.78, 5) is 0. The molecule has 1 heterocycles. The fraction of sp³-hybridized carbons (Fsp3) is 0.583. The molecule has 0 aromatic carbocycles. The van der Waals surface area contributed by atoms with E-state index in [1.807, 2.05) is 24.1 Å². The number of rotatable bonds is 6. The van der Waals surface area contributed by atoms with Crippen molar-refractivity contribution in [2.75, 3.05) is 6.54 Å². The Labute approximate surface area is 91.9 Å². The molecule has 0 spiro atoms. The van der Waals surface area contributed by atoms with E-state index < -0.39 is 0 Å². The molecular weight excluding hydrogens is 186 g/mol. The standard InChI is InChI=1S/C12H19N3/c1-4-6-12(5-2)13-8-7-11-9-14-15(3)10-11/h2,9-10,12-13H,4,6-8H2,1,3H3. The Hall–Kier alpha value is -1.27.